The molecule has 110 valence electrons. The summed E-state index contributed by atoms with van der Waals surface area (Å²) < 4.78 is 19.2. The molecule has 2 rings (SSSR count). The van der Waals surface area contributed by atoms with Gasteiger partial charge < -0.3 is 9.64 Å². The molecule has 1 heterocycles. The molecule has 0 saturated carbocycles. The van der Waals surface area contributed by atoms with E-state index in [9.17, 15) is 9.18 Å². The molecule has 0 N–H and O–H groups in total. The summed E-state index contributed by atoms with van der Waals surface area (Å²) in [5, 5.41) is -0.0784. The van der Waals surface area contributed by atoms with Crippen molar-refractivity contribution in [2.75, 3.05) is 23.8 Å². The van der Waals surface area contributed by atoms with E-state index < -0.39 is 0 Å². The predicted octanol–water partition coefficient (Wildman–Crippen LogP) is 3.09. The van der Waals surface area contributed by atoms with Gasteiger partial charge in [-0.25, -0.2) is 4.39 Å². The number of ether oxygens (including phenoxy) is 1. The average molecular weight is 297 g/mol. The van der Waals surface area contributed by atoms with Crippen LogP contribution in [0.25, 0.3) is 0 Å². The van der Waals surface area contributed by atoms with Gasteiger partial charge in [0.15, 0.2) is 0 Å². The summed E-state index contributed by atoms with van der Waals surface area (Å²) in [5.74, 6) is 0.457. The molecule has 1 aliphatic rings. The predicted molar refractivity (Wildman–Crippen MR) is 80.7 cm³/mol. The molecule has 1 aromatic carbocycles. The summed E-state index contributed by atoms with van der Waals surface area (Å²) in [6.07, 6.45) is 0.976. The van der Waals surface area contributed by atoms with Gasteiger partial charge in [-0.2, -0.15) is 0 Å². The number of carbonyl (C=O) groups is 1. The fourth-order valence-electron chi connectivity index (χ4n) is 2.19. The number of anilines is 1. The van der Waals surface area contributed by atoms with E-state index in [1.807, 2.05) is 13.8 Å². The molecular formula is C15H20FNO2S. The molecule has 0 bridgehead atoms. The summed E-state index contributed by atoms with van der Waals surface area (Å²) >= 11 is 1.60. The minimum atomic E-state index is -0.338. The zero-order valence-electron chi connectivity index (χ0n) is 11.8. The van der Waals surface area contributed by atoms with Crippen molar-refractivity contribution < 1.29 is 13.9 Å². The first kappa shape index (κ1) is 15.3. The fourth-order valence-corrected chi connectivity index (χ4v) is 3.21. The van der Waals surface area contributed by atoms with Crippen LogP contribution in [0.1, 0.15) is 20.3 Å². The highest BCUT2D eigenvalue weighted by Crippen LogP contribution is 2.29. The third kappa shape index (κ3) is 3.73. The van der Waals surface area contributed by atoms with Crippen LogP contribution in [0.3, 0.4) is 0 Å². The molecule has 1 aromatic rings. The molecule has 0 unspecified atom stereocenters. The average Bonchev–Trinajstić information content (AvgIpc) is 2.77. The van der Waals surface area contributed by atoms with Crippen LogP contribution in [0, 0.1) is 5.82 Å². The van der Waals surface area contributed by atoms with Gasteiger partial charge in [-0.05, 0) is 32.4 Å². The maximum Gasteiger partial charge on any atom is 0.240 e. The molecule has 1 saturated heterocycles. The standard InChI is InChI=1S/C15H20FNO2S/c1-11(2)19-9-10-20-14-7-8-17(15(14)18)13-6-4-3-5-12(13)16/h3-6,11,14H,7-10H2,1-2H3/t14-/m1/s1. The molecule has 1 atom stereocenters. The molecule has 1 aliphatic heterocycles. The second kappa shape index (κ2) is 7.09. The van der Waals surface area contributed by atoms with E-state index in [1.165, 1.54) is 6.07 Å². The van der Waals surface area contributed by atoms with Gasteiger partial charge in [-0.15, -0.1) is 11.8 Å². The minimum absolute atomic E-state index is 0.00430. The van der Waals surface area contributed by atoms with E-state index in [2.05, 4.69) is 0 Å². The monoisotopic (exact) mass is 297 g/mol. The van der Waals surface area contributed by atoms with Crippen molar-refractivity contribution in [1.82, 2.24) is 0 Å². The zero-order chi connectivity index (χ0) is 14.5. The third-order valence-corrected chi connectivity index (χ3v) is 4.40. The van der Waals surface area contributed by atoms with E-state index in [4.69, 9.17) is 4.74 Å². The van der Waals surface area contributed by atoms with Crippen LogP contribution in [-0.2, 0) is 9.53 Å². The van der Waals surface area contributed by atoms with Crippen LogP contribution >= 0.6 is 11.8 Å². The number of benzene rings is 1. The zero-order valence-corrected chi connectivity index (χ0v) is 12.7. The molecule has 0 aromatic heterocycles. The number of halogens is 1. The van der Waals surface area contributed by atoms with Gasteiger partial charge in [0.05, 0.1) is 23.6 Å². The first-order valence-electron chi connectivity index (χ1n) is 6.88. The molecule has 5 heteroatoms. The van der Waals surface area contributed by atoms with Gasteiger partial charge in [0, 0.05) is 12.3 Å². The maximum atomic E-state index is 13.7. The lowest BCUT2D eigenvalue weighted by molar-refractivity contribution is -0.116. The number of carbonyl (C=O) groups excluding carboxylic acids is 1. The van der Waals surface area contributed by atoms with Gasteiger partial charge in [-0.1, -0.05) is 12.1 Å². The van der Waals surface area contributed by atoms with E-state index in [-0.39, 0.29) is 23.1 Å². The van der Waals surface area contributed by atoms with Crippen LogP contribution in [0.2, 0.25) is 0 Å². The minimum Gasteiger partial charge on any atom is -0.378 e. The third-order valence-electron chi connectivity index (χ3n) is 3.15. The maximum absolute atomic E-state index is 13.7. The Kier molecular flexibility index (Phi) is 5.43. The topological polar surface area (TPSA) is 29.5 Å². The summed E-state index contributed by atoms with van der Waals surface area (Å²) in [6, 6.07) is 6.43. The quantitative estimate of drug-likeness (QED) is 0.756. The van der Waals surface area contributed by atoms with Crippen LogP contribution < -0.4 is 4.90 Å². The summed E-state index contributed by atoms with van der Waals surface area (Å²) in [5.41, 5.74) is 0.388. The van der Waals surface area contributed by atoms with Gasteiger partial charge in [-0.3, -0.25) is 4.79 Å². The van der Waals surface area contributed by atoms with Crippen LogP contribution in [0.15, 0.2) is 24.3 Å². The Morgan fingerprint density at radius 3 is 2.90 bits per heavy atom. The molecule has 0 radical (unpaired) electrons. The van der Waals surface area contributed by atoms with Crippen molar-refractivity contribution in [3.63, 3.8) is 0 Å². The van der Waals surface area contributed by atoms with Gasteiger partial charge in [0.2, 0.25) is 5.91 Å². The highest BCUT2D eigenvalue weighted by molar-refractivity contribution is 8.00. The number of hydrogen-bond donors (Lipinski definition) is 0. The van der Waals surface area contributed by atoms with Gasteiger partial charge >= 0.3 is 0 Å². The Balaban J connectivity index is 1.88. The fraction of sp³-hybridized carbons (Fsp3) is 0.533. The van der Waals surface area contributed by atoms with Crippen LogP contribution in [0.5, 0.6) is 0 Å². The molecule has 20 heavy (non-hydrogen) atoms. The van der Waals surface area contributed by atoms with Crippen molar-refractivity contribution in [3.05, 3.63) is 30.1 Å². The van der Waals surface area contributed by atoms with Crippen LogP contribution in [0.4, 0.5) is 10.1 Å². The summed E-state index contributed by atoms with van der Waals surface area (Å²) in [4.78, 5) is 13.8. The summed E-state index contributed by atoms with van der Waals surface area (Å²) in [6.45, 7) is 5.21. The SMILES string of the molecule is CC(C)OCCS[C@@H]1CCN(c2ccccc2F)C1=O. The molecule has 0 spiro atoms. The van der Waals surface area contributed by atoms with E-state index in [1.54, 1.807) is 34.9 Å². The van der Waals surface area contributed by atoms with Crippen molar-refractivity contribution in [2.24, 2.45) is 0 Å². The Labute approximate surface area is 123 Å². The van der Waals surface area contributed by atoms with E-state index >= 15 is 0 Å². The first-order chi connectivity index (χ1) is 9.59. The second-order valence-electron chi connectivity index (χ2n) is 5.01. The number of rotatable bonds is 6. The van der Waals surface area contributed by atoms with Crippen molar-refractivity contribution >= 4 is 23.4 Å². The number of para-hydroxylation sites is 1. The Bertz CT molecular complexity index is 467. The highest BCUT2D eigenvalue weighted by Gasteiger charge is 2.33. The second-order valence-corrected chi connectivity index (χ2v) is 6.32. The summed E-state index contributed by atoms with van der Waals surface area (Å²) in [7, 11) is 0. The van der Waals surface area contributed by atoms with Gasteiger partial charge in [0.25, 0.3) is 0 Å². The molecule has 1 amide bonds. The van der Waals surface area contributed by atoms with E-state index in [0.717, 1.165) is 12.2 Å². The highest BCUT2D eigenvalue weighted by atomic mass is 32.2. The Morgan fingerprint density at radius 1 is 1.45 bits per heavy atom. The first-order valence-corrected chi connectivity index (χ1v) is 7.93. The Morgan fingerprint density at radius 2 is 2.20 bits per heavy atom. The van der Waals surface area contributed by atoms with Crippen molar-refractivity contribution in [1.29, 1.82) is 0 Å². The molecule has 3 nitrogen and oxygen atoms in total. The van der Waals surface area contributed by atoms with Crippen LogP contribution in [-0.4, -0.2) is 36.2 Å². The molecule has 0 aliphatic carbocycles. The largest absolute Gasteiger partial charge is 0.378 e. The number of nitrogens with zero attached hydrogens (tertiary/aromatic N) is 1. The number of thioether (sulfide) groups is 1. The van der Waals surface area contributed by atoms with Crippen molar-refractivity contribution in [3.8, 4) is 0 Å². The smallest absolute Gasteiger partial charge is 0.240 e. The lowest BCUT2D eigenvalue weighted by atomic mass is 10.3. The number of amides is 1. The molecule has 1 fully saturated rings. The lowest BCUT2D eigenvalue weighted by Gasteiger charge is -2.17. The van der Waals surface area contributed by atoms with Gasteiger partial charge in [0.1, 0.15) is 5.82 Å². The number of hydrogen-bond acceptors (Lipinski definition) is 3. The normalized spacial score (nSPS) is 19.1. The van der Waals surface area contributed by atoms with Crippen molar-refractivity contribution in [2.45, 2.75) is 31.6 Å². The Hall–Kier alpha value is -1.07. The molecular weight excluding hydrogens is 277 g/mol. The lowest BCUT2D eigenvalue weighted by Crippen LogP contribution is -2.29. The van der Waals surface area contributed by atoms with E-state index in [0.29, 0.717) is 18.8 Å².